The highest BCUT2D eigenvalue weighted by Gasteiger charge is 1.87. The van der Waals surface area contributed by atoms with Gasteiger partial charge >= 0.3 is 0 Å². The molecule has 0 saturated heterocycles. The van der Waals surface area contributed by atoms with Crippen molar-refractivity contribution >= 4 is 57.3 Å². The molecule has 0 aliphatic rings. The zero-order valence-electron chi connectivity index (χ0n) is 6.37. The smallest absolute Gasteiger partial charge is 0.0228 e. The Hall–Kier alpha value is 0.160. The molecule has 1 rings (SSSR count). The van der Waals surface area contributed by atoms with Crippen LogP contribution in [0.3, 0.4) is 0 Å². The molecule has 0 atom stereocenters. The van der Waals surface area contributed by atoms with Crippen molar-refractivity contribution in [3.05, 3.63) is 43.6 Å². The predicted molar refractivity (Wildman–Crippen MR) is 72.6 cm³/mol. The molecule has 0 saturated carbocycles. The first-order valence-corrected chi connectivity index (χ1v) is 5.99. The lowest BCUT2D eigenvalue weighted by atomic mass is 10.1. The van der Waals surface area contributed by atoms with Crippen molar-refractivity contribution in [3.8, 4) is 0 Å². The zero-order valence-corrected chi connectivity index (χ0v) is 10.7. The normalized spacial score (nSPS) is 11.5. The van der Waals surface area contributed by atoms with Gasteiger partial charge in [0.25, 0.3) is 0 Å². The summed E-state index contributed by atoms with van der Waals surface area (Å²) in [6, 6.07) is 8.42. The Bertz CT molecular complexity index is 273. The summed E-state index contributed by atoms with van der Waals surface area (Å²) in [5.41, 5.74) is 2.49. The maximum absolute atomic E-state index is 2.22. The van der Waals surface area contributed by atoms with E-state index in [2.05, 4.69) is 81.6 Å². The topological polar surface area (TPSA) is 0 Å². The fourth-order valence-electron chi connectivity index (χ4n) is 0.912. The molecule has 2 heteroatoms. The molecule has 0 aromatic heterocycles. The first-order valence-electron chi connectivity index (χ1n) is 3.50. The fourth-order valence-corrected chi connectivity index (χ4v) is 1.74. The van der Waals surface area contributed by atoms with Gasteiger partial charge in [-0.2, -0.15) is 0 Å². The van der Waals surface area contributed by atoms with Crippen molar-refractivity contribution in [1.82, 2.24) is 0 Å². The highest BCUT2D eigenvalue weighted by molar-refractivity contribution is 14.1. The van der Waals surface area contributed by atoms with Crippen LogP contribution in [0.4, 0.5) is 0 Å². The highest BCUT2D eigenvalue weighted by atomic mass is 127. The summed E-state index contributed by atoms with van der Waals surface area (Å²) in [6.07, 6.45) is 4.18. The molecule has 0 bridgehead atoms. The minimum Gasteiger partial charge on any atom is -0.0611 e. The van der Waals surface area contributed by atoms with Gasteiger partial charge in [-0.15, -0.1) is 0 Å². The largest absolute Gasteiger partial charge is 0.0611 e. The van der Waals surface area contributed by atoms with Crippen LogP contribution in [0.25, 0.3) is 12.2 Å². The van der Waals surface area contributed by atoms with Crippen LogP contribution in [0.1, 0.15) is 11.1 Å². The van der Waals surface area contributed by atoms with Gasteiger partial charge in [0.2, 0.25) is 0 Å². The van der Waals surface area contributed by atoms with Crippen molar-refractivity contribution in [1.29, 1.82) is 0 Å². The molecule has 0 spiro atoms. The van der Waals surface area contributed by atoms with Gasteiger partial charge in [-0.3, -0.25) is 0 Å². The molecule has 62 valence electrons. The Kier molecular flexibility index (Phi) is 4.90. The summed E-state index contributed by atoms with van der Waals surface area (Å²) in [6.45, 7) is 0. The van der Waals surface area contributed by atoms with Crippen LogP contribution >= 0.6 is 45.2 Å². The van der Waals surface area contributed by atoms with E-state index in [0.29, 0.717) is 0 Å². The molecular formula is C10H8I2. The van der Waals surface area contributed by atoms with Gasteiger partial charge in [-0.1, -0.05) is 63.4 Å². The molecule has 12 heavy (non-hydrogen) atoms. The zero-order chi connectivity index (χ0) is 8.81. The minimum absolute atomic E-state index is 1.25. The van der Waals surface area contributed by atoms with Crippen LogP contribution in [-0.4, -0.2) is 0 Å². The van der Waals surface area contributed by atoms with Gasteiger partial charge < -0.3 is 0 Å². The SMILES string of the molecule is I/C=C/c1cccc(/C=C/I)c1. The molecule has 0 fully saturated rings. The summed E-state index contributed by atoms with van der Waals surface area (Å²) in [5, 5.41) is 0. The Morgan fingerprint density at radius 1 is 0.917 bits per heavy atom. The van der Waals surface area contributed by atoms with Crippen molar-refractivity contribution < 1.29 is 0 Å². The molecule has 0 heterocycles. The average molecular weight is 382 g/mol. The first kappa shape index (κ1) is 10.2. The lowest BCUT2D eigenvalue weighted by Gasteiger charge is -1.94. The van der Waals surface area contributed by atoms with Gasteiger partial charge in [0.1, 0.15) is 0 Å². The summed E-state index contributed by atoms with van der Waals surface area (Å²) in [7, 11) is 0. The lowest BCUT2D eigenvalue weighted by Crippen LogP contribution is -1.73. The molecule has 0 amide bonds. The number of rotatable bonds is 2. The van der Waals surface area contributed by atoms with E-state index >= 15 is 0 Å². The van der Waals surface area contributed by atoms with E-state index in [1.54, 1.807) is 0 Å². The van der Waals surface area contributed by atoms with E-state index in [1.165, 1.54) is 11.1 Å². The van der Waals surface area contributed by atoms with Crippen molar-refractivity contribution in [3.63, 3.8) is 0 Å². The van der Waals surface area contributed by atoms with Crippen LogP contribution < -0.4 is 0 Å². The Morgan fingerprint density at radius 2 is 1.42 bits per heavy atom. The second-order valence-corrected chi connectivity index (χ2v) is 3.69. The third-order valence-electron chi connectivity index (χ3n) is 1.42. The minimum atomic E-state index is 1.25. The van der Waals surface area contributed by atoms with Crippen LogP contribution in [0.5, 0.6) is 0 Å². The van der Waals surface area contributed by atoms with Crippen LogP contribution in [-0.2, 0) is 0 Å². The third-order valence-corrected chi connectivity index (χ3v) is 2.14. The molecule has 1 aromatic carbocycles. The lowest BCUT2D eigenvalue weighted by molar-refractivity contribution is 1.62. The number of benzene rings is 1. The maximum Gasteiger partial charge on any atom is -0.0228 e. The molecule has 0 nitrogen and oxygen atoms in total. The van der Waals surface area contributed by atoms with Crippen LogP contribution in [0.15, 0.2) is 32.4 Å². The fraction of sp³-hybridized carbons (Fsp3) is 0. The van der Waals surface area contributed by atoms with E-state index in [0.717, 1.165) is 0 Å². The first-order chi connectivity index (χ1) is 5.86. The molecular weight excluding hydrogens is 374 g/mol. The van der Waals surface area contributed by atoms with Crippen molar-refractivity contribution in [2.75, 3.05) is 0 Å². The summed E-state index contributed by atoms with van der Waals surface area (Å²) < 4.78 is 4.04. The second-order valence-electron chi connectivity index (χ2n) is 2.26. The molecule has 0 N–H and O–H groups in total. The summed E-state index contributed by atoms with van der Waals surface area (Å²) in [4.78, 5) is 0. The third kappa shape index (κ3) is 3.26. The van der Waals surface area contributed by atoms with Gasteiger partial charge in [0.15, 0.2) is 0 Å². The Morgan fingerprint density at radius 3 is 1.83 bits per heavy atom. The van der Waals surface area contributed by atoms with Crippen molar-refractivity contribution in [2.45, 2.75) is 0 Å². The van der Waals surface area contributed by atoms with Crippen molar-refractivity contribution in [2.24, 2.45) is 0 Å². The van der Waals surface area contributed by atoms with E-state index in [-0.39, 0.29) is 0 Å². The summed E-state index contributed by atoms with van der Waals surface area (Å²) in [5.74, 6) is 0. The molecule has 0 unspecified atom stereocenters. The highest BCUT2D eigenvalue weighted by Crippen LogP contribution is 2.10. The quantitative estimate of drug-likeness (QED) is 0.662. The van der Waals surface area contributed by atoms with E-state index in [4.69, 9.17) is 0 Å². The number of hydrogen-bond acceptors (Lipinski definition) is 0. The molecule has 0 radical (unpaired) electrons. The monoisotopic (exact) mass is 382 g/mol. The molecule has 0 aliphatic carbocycles. The second kappa shape index (κ2) is 5.75. The Balaban J connectivity index is 2.95. The number of halogens is 2. The van der Waals surface area contributed by atoms with Gasteiger partial charge in [0.05, 0.1) is 0 Å². The van der Waals surface area contributed by atoms with Gasteiger partial charge in [-0.25, -0.2) is 0 Å². The number of hydrogen-bond donors (Lipinski definition) is 0. The van der Waals surface area contributed by atoms with E-state index < -0.39 is 0 Å². The summed E-state index contributed by atoms with van der Waals surface area (Å²) >= 11 is 4.45. The van der Waals surface area contributed by atoms with Crippen LogP contribution in [0, 0.1) is 0 Å². The van der Waals surface area contributed by atoms with Gasteiger partial charge in [-0.05, 0) is 37.5 Å². The standard InChI is InChI=1S/C10H8I2/c11-6-4-9-2-1-3-10(8-9)5-7-12/h1-8H/b6-4+,7-5+. The van der Waals surface area contributed by atoms with E-state index in [9.17, 15) is 0 Å². The molecule has 0 aliphatic heterocycles. The van der Waals surface area contributed by atoms with E-state index in [1.807, 2.05) is 8.17 Å². The maximum atomic E-state index is 2.22. The average Bonchev–Trinajstić information content (AvgIpc) is 2.06. The van der Waals surface area contributed by atoms with Crippen LogP contribution in [0.2, 0.25) is 0 Å². The van der Waals surface area contributed by atoms with Gasteiger partial charge in [0, 0.05) is 0 Å². The molecule has 1 aromatic rings. The predicted octanol–water partition coefficient (Wildman–Crippen LogP) is 4.50. The Labute approximate surface area is 100 Å².